The van der Waals surface area contributed by atoms with Crippen LogP contribution in [0.5, 0.6) is 0 Å². The zero-order valence-electron chi connectivity index (χ0n) is 7.34. The van der Waals surface area contributed by atoms with Crippen LogP contribution in [0.3, 0.4) is 0 Å². The van der Waals surface area contributed by atoms with Crippen molar-refractivity contribution in [3.63, 3.8) is 0 Å². The van der Waals surface area contributed by atoms with Crippen LogP contribution in [0.15, 0.2) is 6.07 Å². The summed E-state index contributed by atoms with van der Waals surface area (Å²) in [6.07, 6.45) is 1.58. The lowest BCUT2D eigenvalue weighted by atomic mass is 10.1. The van der Waals surface area contributed by atoms with Crippen LogP contribution in [-0.4, -0.2) is 15.7 Å². The molecule has 1 rings (SSSR count). The second-order valence-corrected chi connectivity index (χ2v) is 3.05. The smallest absolute Gasteiger partial charge is 0.222 e. The fourth-order valence-corrected chi connectivity index (χ4v) is 1.16. The number of nitrogens with one attached hydrogen (secondary N) is 1. The van der Waals surface area contributed by atoms with E-state index in [1.807, 2.05) is 6.92 Å². The Balaban J connectivity index is 2.94. The van der Waals surface area contributed by atoms with Crippen molar-refractivity contribution >= 4 is 23.3 Å². The van der Waals surface area contributed by atoms with Gasteiger partial charge in [-0.3, -0.25) is 0 Å². The molecule has 70 valence electrons. The minimum Gasteiger partial charge on any atom is -0.368 e. The van der Waals surface area contributed by atoms with Crippen molar-refractivity contribution in [2.45, 2.75) is 19.8 Å². The van der Waals surface area contributed by atoms with E-state index >= 15 is 0 Å². The third-order valence-corrected chi connectivity index (χ3v) is 1.71. The Labute approximate surface area is 81.7 Å². The van der Waals surface area contributed by atoms with Crippen LogP contribution in [0.4, 0.5) is 5.95 Å². The number of hydrogen-bond donors (Lipinski definition) is 2. The van der Waals surface area contributed by atoms with Crippen molar-refractivity contribution < 1.29 is 0 Å². The predicted octanol–water partition coefficient (Wildman–Crippen LogP) is 1.88. The molecule has 0 amide bonds. The fraction of sp³-hybridized carbons (Fsp3) is 0.375. The highest BCUT2D eigenvalue weighted by Gasteiger charge is 2.05. The maximum absolute atomic E-state index is 7.62. The van der Waals surface area contributed by atoms with Crippen molar-refractivity contribution in [3.8, 4) is 0 Å². The molecule has 0 aliphatic heterocycles. The molecule has 0 saturated carbocycles. The summed E-state index contributed by atoms with van der Waals surface area (Å²) in [6.45, 7) is 2.00. The van der Waals surface area contributed by atoms with E-state index < -0.39 is 0 Å². The van der Waals surface area contributed by atoms with E-state index in [2.05, 4.69) is 9.97 Å². The highest BCUT2D eigenvalue weighted by Crippen LogP contribution is 2.10. The van der Waals surface area contributed by atoms with Gasteiger partial charge in [0.1, 0.15) is 5.15 Å². The van der Waals surface area contributed by atoms with Crippen LogP contribution in [0, 0.1) is 5.41 Å². The Hall–Kier alpha value is -1.16. The van der Waals surface area contributed by atoms with E-state index in [0.29, 0.717) is 17.8 Å². The number of nitrogens with zero attached hydrogens (tertiary/aromatic N) is 2. The van der Waals surface area contributed by atoms with E-state index in [4.69, 9.17) is 22.7 Å². The summed E-state index contributed by atoms with van der Waals surface area (Å²) in [5.41, 5.74) is 6.35. The maximum atomic E-state index is 7.62. The van der Waals surface area contributed by atoms with Crippen LogP contribution in [0.25, 0.3) is 0 Å². The van der Waals surface area contributed by atoms with Gasteiger partial charge in [0, 0.05) is 6.07 Å². The molecule has 13 heavy (non-hydrogen) atoms. The van der Waals surface area contributed by atoms with Crippen LogP contribution in [0.2, 0.25) is 5.15 Å². The highest BCUT2D eigenvalue weighted by atomic mass is 35.5. The van der Waals surface area contributed by atoms with Crippen LogP contribution >= 0.6 is 11.6 Å². The van der Waals surface area contributed by atoms with Gasteiger partial charge in [0.05, 0.1) is 11.4 Å². The normalized spacial score (nSPS) is 10.0. The van der Waals surface area contributed by atoms with Gasteiger partial charge >= 0.3 is 0 Å². The third kappa shape index (κ3) is 2.66. The summed E-state index contributed by atoms with van der Waals surface area (Å²) in [5.74, 6) is 0.114. The number of anilines is 1. The standard InChI is InChI=1S/C8H11ClN4/c1-2-3-5(10)6-4-7(9)13-8(11)12-6/h4,10H,2-3H2,1H3,(H2,11,12,13). The minimum atomic E-state index is 0.114. The maximum Gasteiger partial charge on any atom is 0.222 e. The number of nitrogen functional groups attached to an aromatic ring is 1. The molecule has 0 atom stereocenters. The van der Waals surface area contributed by atoms with Gasteiger partial charge in [-0.2, -0.15) is 0 Å². The van der Waals surface area contributed by atoms with E-state index in [1.54, 1.807) is 6.07 Å². The van der Waals surface area contributed by atoms with E-state index in [0.717, 1.165) is 6.42 Å². The van der Waals surface area contributed by atoms with Gasteiger partial charge in [-0.15, -0.1) is 0 Å². The lowest BCUT2D eigenvalue weighted by Gasteiger charge is -2.02. The first-order chi connectivity index (χ1) is 6.13. The Morgan fingerprint density at radius 1 is 1.62 bits per heavy atom. The largest absolute Gasteiger partial charge is 0.368 e. The number of rotatable bonds is 3. The molecule has 1 aromatic rings. The summed E-state index contributed by atoms with van der Waals surface area (Å²) in [5, 5.41) is 7.90. The molecule has 0 saturated heterocycles. The number of nitrogens with two attached hydrogens (primary N) is 1. The number of hydrogen-bond acceptors (Lipinski definition) is 4. The minimum absolute atomic E-state index is 0.114. The third-order valence-electron chi connectivity index (χ3n) is 1.52. The first-order valence-corrected chi connectivity index (χ1v) is 4.39. The molecule has 1 heterocycles. The second kappa shape index (κ2) is 4.18. The molecule has 0 bridgehead atoms. The summed E-state index contributed by atoms with van der Waals surface area (Å²) < 4.78 is 0. The SMILES string of the molecule is CCCC(=N)c1cc(Cl)nc(N)n1. The lowest BCUT2D eigenvalue weighted by Crippen LogP contribution is -2.05. The van der Waals surface area contributed by atoms with Crippen molar-refractivity contribution in [2.24, 2.45) is 0 Å². The van der Waals surface area contributed by atoms with E-state index in [1.165, 1.54) is 0 Å². The summed E-state index contributed by atoms with van der Waals surface area (Å²) in [7, 11) is 0. The predicted molar refractivity (Wildman–Crippen MR) is 53.2 cm³/mol. The average molecular weight is 199 g/mol. The molecule has 0 aliphatic carbocycles. The Kier molecular flexibility index (Phi) is 3.19. The first kappa shape index (κ1) is 9.92. The molecule has 0 aromatic carbocycles. The van der Waals surface area contributed by atoms with Gasteiger partial charge in [-0.25, -0.2) is 9.97 Å². The fourth-order valence-electron chi connectivity index (χ4n) is 0.968. The summed E-state index contributed by atoms with van der Waals surface area (Å²) in [4.78, 5) is 7.62. The topological polar surface area (TPSA) is 75.7 Å². The molecule has 4 nitrogen and oxygen atoms in total. The quantitative estimate of drug-likeness (QED) is 0.575. The first-order valence-electron chi connectivity index (χ1n) is 4.01. The monoisotopic (exact) mass is 198 g/mol. The molecule has 0 fully saturated rings. The molecular weight excluding hydrogens is 188 g/mol. The Morgan fingerprint density at radius 2 is 2.31 bits per heavy atom. The number of halogens is 1. The zero-order valence-corrected chi connectivity index (χ0v) is 8.10. The van der Waals surface area contributed by atoms with Crippen molar-refractivity contribution in [1.82, 2.24) is 9.97 Å². The average Bonchev–Trinajstić information content (AvgIpc) is 2.03. The molecule has 1 aromatic heterocycles. The zero-order chi connectivity index (χ0) is 9.84. The van der Waals surface area contributed by atoms with Gasteiger partial charge < -0.3 is 11.1 Å². The van der Waals surface area contributed by atoms with Gasteiger partial charge in [0.15, 0.2) is 0 Å². The van der Waals surface area contributed by atoms with Gasteiger partial charge in [-0.1, -0.05) is 24.9 Å². The Bertz CT molecular complexity index is 304. The van der Waals surface area contributed by atoms with Gasteiger partial charge in [0.2, 0.25) is 5.95 Å². The van der Waals surface area contributed by atoms with Crippen LogP contribution in [0.1, 0.15) is 25.5 Å². The Morgan fingerprint density at radius 3 is 2.85 bits per heavy atom. The molecule has 0 unspecified atom stereocenters. The van der Waals surface area contributed by atoms with E-state index in [-0.39, 0.29) is 11.1 Å². The van der Waals surface area contributed by atoms with Crippen molar-refractivity contribution in [3.05, 3.63) is 16.9 Å². The van der Waals surface area contributed by atoms with Gasteiger partial charge in [-0.05, 0) is 6.42 Å². The number of aromatic nitrogens is 2. The molecule has 5 heteroatoms. The summed E-state index contributed by atoms with van der Waals surface area (Å²) >= 11 is 5.67. The molecule has 3 N–H and O–H groups in total. The highest BCUT2D eigenvalue weighted by molar-refractivity contribution is 6.29. The van der Waals surface area contributed by atoms with Crippen molar-refractivity contribution in [2.75, 3.05) is 5.73 Å². The molecule has 0 spiro atoms. The van der Waals surface area contributed by atoms with E-state index in [9.17, 15) is 0 Å². The summed E-state index contributed by atoms with van der Waals surface area (Å²) in [6, 6.07) is 1.55. The molecular formula is C8H11ClN4. The van der Waals surface area contributed by atoms with Crippen LogP contribution in [-0.2, 0) is 0 Å². The van der Waals surface area contributed by atoms with Gasteiger partial charge in [0.25, 0.3) is 0 Å². The van der Waals surface area contributed by atoms with Crippen LogP contribution < -0.4 is 5.73 Å². The molecule has 0 radical (unpaired) electrons. The lowest BCUT2D eigenvalue weighted by molar-refractivity contribution is 0.977. The molecule has 0 aliphatic rings. The van der Waals surface area contributed by atoms with Crippen molar-refractivity contribution in [1.29, 1.82) is 5.41 Å². The second-order valence-electron chi connectivity index (χ2n) is 2.66.